The molecule has 0 unspecified atom stereocenters. The summed E-state index contributed by atoms with van der Waals surface area (Å²) < 4.78 is 5.76. The molecule has 1 aromatic carbocycles. The summed E-state index contributed by atoms with van der Waals surface area (Å²) in [6.07, 6.45) is 1.59. The van der Waals surface area contributed by atoms with Gasteiger partial charge < -0.3 is 20.5 Å². The van der Waals surface area contributed by atoms with Crippen molar-refractivity contribution < 1.29 is 15.3 Å². The van der Waals surface area contributed by atoms with Crippen molar-refractivity contribution >= 4 is 17.2 Å². The third-order valence-corrected chi connectivity index (χ3v) is 4.73. The van der Waals surface area contributed by atoms with Crippen LogP contribution in [0.4, 0.5) is 11.5 Å². The molecular weight excluding hydrogens is 356 g/mol. The Kier molecular flexibility index (Phi) is 6.43. The first-order chi connectivity index (χ1) is 13.5. The van der Waals surface area contributed by atoms with Crippen LogP contribution in [0.15, 0.2) is 30.6 Å². The van der Waals surface area contributed by atoms with Crippen molar-refractivity contribution in [2.75, 3.05) is 50.0 Å². The van der Waals surface area contributed by atoms with Gasteiger partial charge in [-0.2, -0.15) is 0 Å². The summed E-state index contributed by atoms with van der Waals surface area (Å²) in [5.41, 5.74) is 8.56. The highest BCUT2D eigenvalue weighted by Crippen LogP contribution is 2.23. The first-order valence-corrected chi connectivity index (χ1v) is 9.57. The van der Waals surface area contributed by atoms with Gasteiger partial charge in [0.15, 0.2) is 0 Å². The fraction of sp³-hybridized carbons (Fsp3) is 0.450. The lowest BCUT2D eigenvalue weighted by Crippen LogP contribution is -2.47. The summed E-state index contributed by atoms with van der Waals surface area (Å²) in [7, 11) is 0. The van der Waals surface area contributed by atoms with Crippen molar-refractivity contribution in [3.63, 3.8) is 0 Å². The van der Waals surface area contributed by atoms with Crippen molar-refractivity contribution in [3.05, 3.63) is 41.9 Å². The molecule has 1 fully saturated rings. The fourth-order valence-electron chi connectivity index (χ4n) is 3.26. The number of hydrogen-bond acceptors (Lipinski definition) is 7. The van der Waals surface area contributed by atoms with Crippen LogP contribution in [0.5, 0.6) is 5.75 Å². The molecule has 8 heteroatoms. The number of benzene rings is 1. The molecule has 0 bridgehead atoms. The van der Waals surface area contributed by atoms with Crippen LogP contribution in [-0.4, -0.2) is 71.1 Å². The zero-order chi connectivity index (χ0) is 20.1. The lowest BCUT2D eigenvalue weighted by atomic mass is 10.0. The van der Waals surface area contributed by atoms with Crippen LogP contribution in [0.1, 0.15) is 25.1 Å². The molecule has 5 N–H and O–H groups in total. The number of anilines is 2. The molecule has 1 aromatic heterocycles. The largest absolute Gasteiger partial charge is 0.491 e. The molecule has 1 aliphatic heterocycles. The molecule has 2 heterocycles. The van der Waals surface area contributed by atoms with E-state index in [9.17, 15) is 0 Å². The topological polar surface area (TPSA) is 113 Å². The van der Waals surface area contributed by atoms with Gasteiger partial charge in [-0.1, -0.05) is 0 Å². The molecule has 2 aromatic rings. The molecule has 0 radical (unpaired) electrons. The minimum absolute atomic E-state index is 0.0628. The molecule has 28 heavy (non-hydrogen) atoms. The van der Waals surface area contributed by atoms with E-state index in [1.807, 2.05) is 32.0 Å². The Hall–Kier alpha value is -2.71. The number of aliphatic hydroxyl groups excluding tert-OH is 1. The Morgan fingerprint density at radius 1 is 1.21 bits per heavy atom. The van der Waals surface area contributed by atoms with Crippen molar-refractivity contribution in [3.8, 4) is 5.75 Å². The average molecular weight is 385 g/mol. The van der Waals surface area contributed by atoms with Gasteiger partial charge in [0.25, 0.3) is 0 Å². The van der Waals surface area contributed by atoms with Gasteiger partial charge in [-0.3, -0.25) is 10.3 Å². The Balaban J connectivity index is 1.78. The van der Waals surface area contributed by atoms with E-state index in [0.717, 1.165) is 37.7 Å². The number of rotatable bonds is 7. The maximum atomic E-state index is 9.09. The maximum Gasteiger partial charge on any atom is 0.232 e. The predicted molar refractivity (Wildman–Crippen MR) is 110 cm³/mol. The minimum atomic E-state index is 0.0628. The first kappa shape index (κ1) is 20.0. The average Bonchev–Trinajstić information content (AvgIpc) is 2.69. The molecule has 0 saturated carbocycles. The van der Waals surface area contributed by atoms with E-state index in [-0.39, 0.29) is 12.7 Å². The molecule has 0 aliphatic carbocycles. The van der Waals surface area contributed by atoms with Gasteiger partial charge in [0.05, 0.1) is 18.3 Å². The number of piperazine rings is 1. The van der Waals surface area contributed by atoms with E-state index in [2.05, 4.69) is 19.8 Å². The highest BCUT2D eigenvalue weighted by Gasteiger charge is 2.21. The monoisotopic (exact) mass is 385 g/mol. The lowest BCUT2D eigenvalue weighted by Gasteiger charge is -2.35. The van der Waals surface area contributed by atoms with E-state index in [0.29, 0.717) is 29.2 Å². The highest BCUT2D eigenvalue weighted by molar-refractivity contribution is 6.11. The second-order valence-electron chi connectivity index (χ2n) is 7.14. The number of hydrogen-bond donors (Lipinski definition) is 3. The van der Waals surface area contributed by atoms with E-state index in [4.69, 9.17) is 21.0 Å². The quantitative estimate of drug-likeness (QED) is 0.437. The summed E-state index contributed by atoms with van der Waals surface area (Å²) in [5.74, 6) is 1.56. The summed E-state index contributed by atoms with van der Waals surface area (Å²) in [6.45, 7) is 8.30. The van der Waals surface area contributed by atoms with Crippen molar-refractivity contribution in [1.29, 1.82) is 0 Å². The SMILES string of the molecule is CC(C)Oc1ccc(N)c(C(=[NH2+])c2cc(N3CCN(CCO)CC3)ncn2)c1. The number of nitrogens with two attached hydrogens (primary N) is 2. The number of ether oxygens (including phenoxy) is 1. The number of nitrogens with zero attached hydrogens (tertiary/aromatic N) is 4. The fourth-order valence-corrected chi connectivity index (χ4v) is 3.26. The lowest BCUT2D eigenvalue weighted by molar-refractivity contribution is -0.111. The van der Waals surface area contributed by atoms with Gasteiger partial charge in [0.2, 0.25) is 5.71 Å². The van der Waals surface area contributed by atoms with Gasteiger partial charge in [-0.15, -0.1) is 0 Å². The second-order valence-corrected chi connectivity index (χ2v) is 7.14. The van der Waals surface area contributed by atoms with Crippen LogP contribution in [0.2, 0.25) is 0 Å². The molecule has 0 atom stereocenters. The number of β-amino-alcohol motifs (C(OH)–C–C–N with tert-alkyl or cyclic N) is 1. The smallest absolute Gasteiger partial charge is 0.232 e. The number of aromatic nitrogens is 2. The third kappa shape index (κ3) is 4.76. The number of nitrogen functional groups attached to an aromatic ring is 1. The van der Waals surface area contributed by atoms with Gasteiger partial charge in [0, 0.05) is 44.5 Å². The zero-order valence-corrected chi connectivity index (χ0v) is 16.5. The Bertz CT molecular complexity index is 818. The summed E-state index contributed by atoms with van der Waals surface area (Å²) in [5, 5.41) is 15.5. The summed E-state index contributed by atoms with van der Waals surface area (Å²) in [4.78, 5) is 13.2. The van der Waals surface area contributed by atoms with Crippen LogP contribution in [0, 0.1) is 0 Å². The van der Waals surface area contributed by atoms with Crippen molar-refractivity contribution in [2.24, 2.45) is 0 Å². The van der Waals surface area contributed by atoms with E-state index >= 15 is 0 Å². The molecule has 150 valence electrons. The van der Waals surface area contributed by atoms with E-state index in [1.165, 1.54) is 6.33 Å². The molecule has 0 spiro atoms. The van der Waals surface area contributed by atoms with Crippen LogP contribution >= 0.6 is 0 Å². The molecule has 1 aliphatic rings. The highest BCUT2D eigenvalue weighted by atomic mass is 16.5. The van der Waals surface area contributed by atoms with E-state index < -0.39 is 0 Å². The van der Waals surface area contributed by atoms with Crippen LogP contribution in [0.3, 0.4) is 0 Å². The van der Waals surface area contributed by atoms with Gasteiger partial charge in [0.1, 0.15) is 23.6 Å². The molecule has 3 rings (SSSR count). The van der Waals surface area contributed by atoms with Crippen LogP contribution < -0.4 is 20.8 Å². The number of aliphatic hydroxyl groups is 1. The molecular formula is C20H29N6O2+. The van der Waals surface area contributed by atoms with Crippen LogP contribution in [0.25, 0.3) is 0 Å². The van der Waals surface area contributed by atoms with Gasteiger partial charge in [-0.05, 0) is 32.0 Å². The first-order valence-electron chi connectivity index (χ1n) is 9.57. The molecule has 0 amide bonds. The van der Waals surface area contributed by atoms with Gasteiger partial charge in [-0.25, -0.2) is 9.97 Å². The van der Waals surface area contributed by atoms with Crippen molar-refractivity contribution in [2.45, 2.75) is 20.0 Å². The summed E-state index contributed by atoms with van der Waals surface area (Å²) >= 11 is 0. The Labute approximate surface area is 165 Å². The predicted octanol–water partition coefficient (Wildman–Crippen LogP) is -0.443. The van der Waals surface area contributed by atoms with Crippen LogP contribution in [-0.2, 0) is 0 Å². The molecule has 1 saturated heterocycles. The standard InChI is InChI=1S/C20H28N6O2/c1-14(2)28-15-3-4-17(21)16(11-15)20(22)18-12-19(24-13-23-18)26-7-5-25(6-8-26)9-10-27/h3-4,11-14,22,27H,5-10,21H2,1-2H3/p+1. The summed E-state index contributed by atoms with van der Waals surface area (Å²) in [6, 6.07) is 7.37. The molecule has 8 nitrogen and oxygen atoms in total. The second kappa shape index (κ2) is 8.99. The normalized spacial score (nSPS) is 15.1. The van der Waals surface area contributed by atoms with Gasteiger partial charge >= 0.3 is 0 Å². The minimum Gasteiger partial charge on any atom is -0.491 e. The van der Waals surface area contributed by atoms with E-state index in [1.54, 1.807) is 6.07 Å². The Morgan fingerprint density at radius 3 is 2.64 bits per heavy atom. The Morgan fingerprint density at radius 2 is 1.96 bits per heavy atom. The zero-order valence-electron chi connectivity index (χ0n) is 16.5. The maximum absolute atomic E-state index is 9.09. The third-order valence-electron chi connectivity index (χ3n) is 4.73. The van der Waals surface area contributed by atoms with Crippen molar-refractivity contribution in [1.82, 2.24) is 14.9 Å².